The van der Waals surface area contributed by atoms with E-state index in [0.29, 0.717) is 56.4 Å². The van der Waals surface area contributed by atoms with Crippen LogP contribution in [0.3, 0.4) is 0 Å². The molecule has 6 bridgehead atoms. The topological polar surface area (TPSA) is 185 Å². The van der Waals surface area contributed by atoms with Gasteiger partial charge in [0.25, 0.3) is 5.91 Å². The van der Waals surface area contributed by atoms with Crippen LogP contribution in [0.15, 0.2) is 54.7 Å². The number of amides is 4. The molecule has 16 nitrogen and oxygen atoms in total. The number of nitrogens with two attached hydrogens (primary N) is 1. The summed E-state index contributed by atoms with van der Waals surface area (Å²) in [5.41, 5.74) is 14.6. The van der Waals surface area contributed by atoms with Gasteiger partial charge >= 0.3 is 5.97 Å². The number of fused-ring (bicyclic) bond motifs is 9. The van der Waals surface area contributed by atoms with Gasteiger partial charge in [-0.1, -0.05) is 51.8 Å². The predicted octanol–water partition coefficient (Wildman–Crippen LogP) is 6.74. The molecule has 6 aliphatic rings. The Labute approximate surface area is 458 Å². The number of hydrogen-bond acceptors (Lipinski definition) is 11. The average molecular weight is 1070 g/mol. The summed E-state index contributed by atoms with van der Waals surface area (Å²) in [6.07, 6.45) is 2.81. The van der Waals surface area contributed by atoms with Crippen LogP contribution in [0.1, 0.15) is 115 Å². The lowest BCUT2D eigenvalue weighted by Gasteiger charge is -2.55. The minimum atomic E-state index is -1.27. The summed E-state index contributed by atoms with van der Waals surface area (Å²) in [4.78, 5) is 83.2. The van der Waals surface area contributed by atoms with Gasteiger partial charge in [-0.25, -0.2) is 9.82 Å². The third-order valence-electron chi connectivity index (χ3n) is 19.4. The lowest BCUT2D eigenvalue weighted by Crippen LogP contribution is -2.66. The summed E-state index contributed by atoms with van der Waals surface area (Å²) >= 11 is 0. The molecule has 10 rings (SSSR count). The van der Waals surface area contributed by atoms with E-state index in [1.807, 2.05) is 71.0 Å². The van der Waals surface area contributed by atoms with Crippen molar-refractivity contribution in [3.8, 4) is 34.2 Å². The number of aromatic nitrogens is 2. The first-order chi connectivity index (χ1) is 37.0. The second-order valence-electron chi connectivity index (χ2n) is 24.6. The van der Waals surface area contributed by atoms with E-state index in [0.717, 1.165) is 51.0 Å². The number of carbonyl (C=O) groups excluding carboxylic acids is 5. The Balaban J connectivity index is 0.987. The van der Waals surface area contributed by atoms with Crippen LogP contribution in [0.5, 0.6) is 0 Å². The number of hydrazine groups is 1. The van der Waals surface area contributed by atoms with Gasteiger partial charge < -0.3 is 34.9 Å². The van der Waals surface area contributed by atoms with Crippen molar-refractivity contribution in [3.05, 3.63) is 77.1 Å². The van der Waals surface area contributed by atoms with Crippen LogP contribution in [0.4, 0.5) is 4.39 Å². The number of benzene rings is 2. The Hall–Kier alpha value is -6.19. The molecule has 9 atom stereocenters. The van der Waals surface area contributed by atoms with Crippen molar-refractivity contribution < 1.29 is 37.8 Å². The van der Waals surface area contributed by atoms with Crippen LogP contribution in [-0.4, -0.2) is 137 Å². The Kier molecular flexibility index (Phi) is 14.5. The quantitative estimate of drug-likeness (QED) is 0.0917. The third-order valence-corrected chi connectivity index (χ3v) is 19.4. The van der Waals surface area contributed by atoms with Crippen molar-refractivity contribution in [3.63, 3.8) is 0 Å². The van der Waals surface area contributed by atoms with Gasteiger partial charge in [0.15, 0.2) is 0 Å². The van der Waals surface area contributed by atoms with E-state index >= 15 is 14.0 Å². The number of nitrogens with zero attached hydrogens (tertiary/aromatic N) is 6. The number of esters is 1. The molecular weight excluding hydrogens is 990 g/mol. The number of likely N-dealkylation sites (tertiary alicyclic amines) is 1. The molecule has 416 valence electrons. The first-order valence-corrected chi connectivity index (χ1v) is 28.0. The van der Waals surface area contributed by atoms with Gasteiger partial charge in [-0.2, -0.15) is 0 Å². The summed E-state index contributed by atoms with van der Waals surface area (Å²) < 4.78 is 30.2. The fourth-order valence-electron chi connectivity index (χ4n) is 14.0. The van der Waals surface area contributed by atoms with Gasteiger partial charge in [0.2, 0.25) is 17.7 Å². The second-order valence-corrected chi connectivity index (χ2v) is 24.6. The minimum absolute atomic E-state index is 0.0116. The highest BCUT2D eigenvalue weighted by molar-refractivity contribution is 5.99. The molecule has 0 spiro atoms. The van der Waals surface area contributed by atoms with Crippen LogP contribution in [0, 0.1) is 46.3 Å². The minimum Gasteiger partial charge on any atom is -0.464 e. The average Bonchev–Trinajstić information content (AvgIpc) is 3.94. The number of methoxy groups -OCH3 is 1. The fraction of sp³-hybridized carbons (Fsp3) is 0.574. The van der Waals surface area contributed by atoms with Crippen LogP contribution in [-0.2, 0) is 53.1 Å². The summed E-state index contributed by atoms with van der Waals surface area (Å²) in [5.74, 6) is 2.15. The molecule has 2 aromatic heterocycles. The van der Waals surface area contributed by atoms with Crippen molar-refractivity contribution >= 4 is 40.5 Å². The van der Waals surface area contributed by atoms with Gasteiger partial charge in [0.05, 0.1) is 41.0 Å². The van der Waals surface area contributed by atoms with Gasteiger partial charge in [-0.3, -0.25) is 38.9 Å². The zero-order valence-corrected chi connectivity index (χ0v) is 47.3. The third kappa shape index (κ3) is 8.98. The molecule has 5 unspecified atom stereocenters. The molecular formula is C61H78FN9O7. The number of piperidine rings is 1. The molecule has 78 heavy (non-hydrogen) atoms. The first kappa shape index (κ1) is 55.1. The number of likely N-dealkylation sites (N-methyl/N-ethyl adjacent to an activating group) is 1. The monoisotopic (exact) mass is 1070 g/mol. The highest BCUT2D eigenvalue weighted by atomic mass is 19.1. The molecule has 4 amide bonds. The highest BCUT2D eigenvalue weighted by Crippen LogP contribution is 2.60. The number of pyridine rings is 1. The van der Waals surface area contributed by atoms with Crippen molar-refractivity contribution in [1.29, 1.82) is 0 Å². The summed E-state index contributed by atoms with van der Waals surface area (Å²) in [5, 5.41) is 5.45. The molecule has 17 heteroatoms. The number of aryl methyl sites for hydroxylation is 1. The largest absolute Gasteiger partial charge is 0.464 e. The maximum Gasteiger partial charge on any atom is 0.324 e. The fourth-order valence-corrected chi connectivity index (χ4v) is 14.0. The lowest BCUT2D eigenvalue weighted by molar-refractivity contribution is -0.168. The van der Waals surface area contributed by atoms with E-state index in [1.54, 1.807) is 36.2 Å². The van der Waals surface area contributed by atoms with Crippen LogP contribution < -0.4 is 16.5 Å². The summed E-state index contributed by atoms with van der Waals surface area (Å²) in [6, 6.07) is 15.0. The predicted molar refractivity (Wildman–Crippen MR) is 295 cm³/mol. The number of ether oxygens (including phenoxy) is 2. The van der Waals surface area contributed by atoms with Crippen molar-refractivity contribution in [2.75, 3.05) is 54.5 Å². The van der Waals surface area contributed by atoms with Crippen molar-refractivity contribution in [2.45, 2.75) is 136 Å². The molecule has 5 heterocycles. The molecule has 2 saturated heterocycles. The number of cyclic esters (lactones) is 1. The van der Waals surface area contributed by atoms with E-state index in [4.69, 9.17) is 20.2 Å². The number of carbonyl (C=O) groups is 5. The van der Waals surface area contributed by atoms with Crippen LogP contribution in [0.2, 0.25) is 0 Å². The number of nitrogens with one attached hydrogen (secondary N) is 2. The number of alkyl halides is 1. The summed E-state index contributed by atoms with van der Waals surface area (Å²) in [7, 11) is 7.23. The number of hydrogen-bond donors (Lipinski definition) is 3. The van der Waals surface area contributed by atoms with Gasteiger partial charge in [-0.15, -0.1) is 0 Å². The van der Waals surface area contributed by atoms with Crippen molar-refractivity contribution in [1.82, 2.24) is 40.0 Å². The zero-order chi connectivity index (χ0) is 56.0. The van der Waals surface area contributed by atoms with Crippen LogP contribution in [0.25, 0.3) is 33.3 Å². The smallest absolute Gasteiger partial charge is 0.324 e. The van der Waals surface area contributed by atoms with Gasteiger partial charge in [0, 0.05) is 74.3 Å². The van der Waals surface area contributed by atoms with E-state index < -0.39 is 70.6 Å². The summed E-state index contributed by atoms with van der Waals surface area (Å²) in [6.45, 7) is 15.1. The molecule has 3 aliphatic carbocycles. The van der Waals surface area contributed by atoms with Crippen molar-refractivity contribution in [2.24, 2.45) is 40.2 Å². The van der Waals surface area contributed by atoms with Gasteiger partial charge in [0.1, 0.15) is 24.4 Å². The number of halogens is 1. The molecule has 0 radical (unpaired) electrons. The van der Waals surface area contributed by atoms with Gasteiger partial charge in [-0.05, 0) is 155 Å². The van der Waals surface area contributed by atoms with E-state index in [2.05, 4.69) is 66.1 Å². The maximum absolute atomic E-state index is 15.2. The Morgan fingerprint density at radius 1 is 1.04 bits per heavy atom. The second kappa shape index (κ2) is 20.5. The normalized spacial score (nSPS) is 28.7. The molecule has 4 fully saturated rings. The standard InChI is InChI=1S/C61H78FN9O7/c1-12-70-46-18-17-39-31-43(46)48-49(52(77-11)50-42(51(48)70)15-13-24-64-50)58(4,5)34-78-55(74)45-16-14-25-71(66-45)54(73)44(30-37-27-38(32-62)29-40(39)28-37)53(63)65-56(75)61(35(2)36(61)3)68(10)57(76)60-22-19-41(60)33-69(26-23-60)47(72)20-21-59(6,7)67(8)9/h13,15,17-18,24,27-29,31,35-36,41,44-45,49,52-53,66H,12,14,16,19,22-23,25-26,30,32-34,63H2,1-11H3,(H,65,75)/t35?,36?,41?,44?,45-,49?,52-,53-,60+,61?/m0/s1. The Bertz CT molecular complexity index is 3130. The molecule has 4 N–H and O–H groups in total. The Morgan fingerprint density at radius 3 is 2.45 bits per heavy atom. The first-order valence-electron chi connectivity index (χ1n) is 28.0. The number of rotatable bonds is 9. The highest BCUT2D eigenvalue weighted by Gasteiger charge is 2.71. The maximum atomic E-state index is 15.2. The zero-order valence-electron chi connectivity index (χ0n) is 47.3. The van der Waals surface area contributed by atoms with Crippen LogP contribution >= 0.6 is 0 Å². The van der Waals surface area contributed by atoms with E-state index in [9.17, 15) is 14.4 Å². The van der Waals surface area contributed by atoms with E-state index in [-0.39, 0.29) is 55.1 Å². The van der Waals surface area contributed by atoms with E-state index in [1.165, 1.54) is 5.01 Å². The molecule has 3 aliphatic heterocycles. The molecule has 2 saturated carbocycles. The Morgan fingerprint density at radius 2 is 1.79 bits per heavy atom. The SMILES string of the molecule is CCn1c2c3c4cc(ccc41)-c1cc(CF)cc(c1)CC([C@@H](N)NC(=O)C1(N(C)C(=O)[C@@]45CCC4CN(C(=O)C#CC(C)(C)N(C)C)CC5)C(C)C1C)C(=O)N1CCC[C@H](N1)C(=O)OCC(C)(C)C3[C@H](OC)c1ncccc1-2. The molecule has 2 aromatic carbocycles. The lowest BCUT2D eigenvalue weighted by atomic mass is 9.55. The molecule has 4 aromatic rings.